The maximum absolute atomic E-state index is 12.3. The second-order valence-electron chi connectivity index (χ2n) is 6.81. The van der Waals surface area contributed by atoms with E-state index < -0.39 is 0 Å². The zero-order valence-corrected chi connectivity index (χ0v) is 16.0. The quantitative estimate of drug-likeness (QED) is 0.638. The van der Waals surface area contributed by atoms with Crippen LogP contribution in [0, 0.1) is 5.92 Å². The minimum absolute atomic E-state index is 0.0989. The molecule has 1 aliphatic carbocycles. The van der Waals surface area contributed by atoms with E-state index in [1.807, 2.05) is 24.3 Å². The predicted molar refractivity (Wildman–Crippen MR) is 104 cm³/mol. The molecule has 0 bridgehead atoms. The van der Waals surface area contributed by atoms with Crippen LogP contribution in [-0.4, -0.2) is 42.1 Å². The summed E-state index contributed by atoms with van der Waals surface area (Å²) in [5.74, 6) is 1.20. The van der Waals surface area contributed by atoms with Crippen molar-refractivity contribution >= 4 is 11.8 Å². The number of hydrogen-bond donors (Lipinski definition) is 1. The molecule has 148 valence electrons. The van der Waals surface area contributed by atoms with Crippen LogP contribution >= 0.6 is 0 Å². The molecule has 1 aliphatic rings. The molecule has 1 saturated carbocycles. The van der Waals surface area contributed by atoms with Gasteiger partial charge in [0.05, 0.1) is 13.7 Å². The number of methoxy groups -OCH3 is 1. The SMILES string of the molecule is C=CCN(Cc1cc(C(=O)NCCc2ccc(OC)cc2)no1)C(=O)C1CC1. The van der Waals surface area contributed by atoms with E-state index in [1.165, 1.54) is 0 Å². The molecule has 0 radical (unpaired) electrons. The monoisotopic (exact) mass is 383 g/mol. The van der Waals surface area contributed by atoms with E-state index in [-0.39, 0.29) is 30.0 Å². The molecule has 28 heavy (non-hydrogen) atoms. The van der Waals surface area contributed by atoms with Gasteiger partial charge in [0.25, 0.3) is 5.91 Å². The fraction of sp³-hybridized carbons (Fsp3) is 0.381. The molecule has 0 atom stereocenters. The number of aromatic nitrogens is 1. The molecule has 1 aromatic heterocycles. The lowest BCUT2D eigenvalue weighted by molar-refractivity contribution is -0.132. The summed E-state index contributed by atoms with van der Waals surface area (Å²) in [5, 5.41) is 6.66. The fourth-order valence-corrected chi connectivity index (χ4v) is 2.86. The zero-order chi connectivity index (χ0) is 19.9. The first kappa shape index (κ1) is 19.7. The number of ether oxygens (including phenoxy) is 1. The molecule has 1 aromatic carbocycles. The Hall–Kier alpha value is -3.09. The standard InChI is InChI=1S/C21H25N3O4/c1-3-12-24(21(26)16-6-7-16)14-18-13-19(23-28-18)20(25)22-11-10-15-4-8-17(27-2)9-5-15/h3-5,8-9,13,16H,1,6-7,10-12,14H2,2H3,(H,22,25). The smallest absolute Gasteiger partial charge is 0.273 e. The van der Waals surface area contributed by atoms with E-state index >= 15 is 0 Å². The van der Waals surface area contributed by atoms with E-state index in [0.29, 0.717) is 25.3 Å². The molecule has 2 amide bonds. The van der Waals surface area contributed by atoms with Gasteiger partial charge in [-0.3, -0.25) is 9.59 Å². The van der Waals surface area contributed by atoms with Gasteiger partial charge in [0.2, 0.25) is 5.91 Å². The number of carbonyl (C=O) groups excluding carboxylic acids is 2. The lowest BCUT2D eigenvalue weighted by Gasteiger charge is -2.19. The third kappa shape index (κ3) is 5.22. The van der Waals surface area contributed by atoms with Gasteiger partial charge in [0, 0.05) is 25.1 Å². The van der Waals surface area contributed by atoms with Crippen molar-refractivity contribution < 1.29 is 18.8 Å². The Kier molecular flexibility index (Phi) is 6.47. The van der Waals surface area contributed by atoms with Crippen LogP contribution < -0.4 is 10.1 Å². The average Bonchev–Trinajstić information content (AvgIpc) is 3.46. The largest absolute Gasteiger partial charge is 0.497 e. The molecule has 0 unspecified atom stereocenters. The molecule has 1 N–H and O–H groups in total. The van der Waals surface area contributed by atoms with Crippen LogP contribution in [-0.2, 0) is 17.8 Å². The Morgan fingerprint density at radius 2 is 2.11 bits per heavy atom. The third-order valence-electron chi connectivity index (χ3n) is 4.58. The maximum Gasteiger partial charge on any atom is 0.273 e. The van der Waals surface area contributed by atoms with E-state index in [0.717, 1.165) is 24.2 Å². The van der Waals surface area contributed by atoms with Gasteiger partial charge < -0.3 is 19.5 Å². The average molecular weight is 383 g/mol. The Balaban J connectivity index is 1.49. The van der Waals surface area contributed by atoms with Crippen LogP contribution in [0.3, 0.4) is 0 Å². The number of hydrogen-bond acceptors (Lipinski definition) is 5. The number of nitrogens with one attached hydrogen (secondary N) is 1. The second-order valence-corrected chi connectivity index (χ2v) is 6.81. The van der Waals surface area contributed by atoms with Crippen molar-refractivity contribution in [2.45, 2.75) is 25.8 Å². The number of amides is 2. The molecule has 7 nitrogen and oxygen atoms in total. The van der Waals surface area contributed by atoms with Gasteiger partial charge in [-0.05, 0) is 37.0 Å². The van der Waals surface area contributed by atoms with Gasteiger partial charge in [0.1, 0.15) is 5.75 Å². The maximum atomic E-state index is 12.3. The van der Waals surface area contributed by atoms with Gasteiger partial charge in [-0.1, -0.05) is 23.4 Å². The van der Waals surface area contributed by atoms with E-state index in [4.69, 9.17) is 9.26 Å². The van der Waals surface area contributed by atoms with Crippen molar-refractivity contribution in [2.24, 2.45) is 5.92 Å². The summed E-state index contributed by atoms with van der Waals surface area (Å²) in [6.45, 7) is 4.91. The third-order valence-corrected chi connectivity index (χ3v) is 4.58. The Morgan fingerprint density at radius 1 is 1.36 bits per heavy atom. The molecule has 7 heteroatoms. The van der Waals surface area contributed by atoms with Gasteiger partial charge in [-0.25, -0.2) is 0 Å². The molecule has 1 heterocycles. The van der Waals surface area contributed by atoms with Crippen LogP contribution in [0.1, 0.15) is 34.7 Å². The lowest BCUT2D eigenvalue weighted by atomic mass is 10.1. The van der Waals surface area contributed by atoms with Crippen LogP contribution in [0.15, 0.2) is 47.5 Å². The number of nitrogens with zero attached hydrogens (tertiary/aromatic N) is 2. The number of carbonyl (C=O) groups is 2. The highest BCUT2D eigenvalue weighted by Crippen LogP contribution is 2.31. The fourth-order valence-electron chi connectivity index (χ4n) is 2.86. The molecule has 2 aromatic rings. The summed E-state index contributed by atoms with van der Waals surface area (Å²) in [7, 11) is 1.62. The first-order valence-electron chi connectivity index (χ1n) is 9.37. The Morgan fingerprint density at radius 3 is 2.75 bits per heavy atom. The van der Waals surface area contributed by atoms with E-state index in [9.17, 15) is 9.59 Å². The van der Waals surface area contributed by atoms with Crippen molar-refractivity contribution in [1.29, 1.82) is 0 Å². The van der Waals surface area contributed by atoms with Crippen molar-refractivity contribution in [3.63, 3.8) is 0 Å². The van der Waals surface area contributed by atoms with Gasteiger partial charge >= 0.3 is 0 Å². The van der Waals surface area contributed by atoms with Crippen molar-refractivity contribution in [3.8, 4) is 5.75 Å². The van der Waals surface area contributed by atoms with Crippen molar-refractivity contribution in [3.05, 3.63) is 60.0 Å². The molecular weight excluding hydrogens is 358 g/mol. The van der Waals surface area contributed by atoms with Crippen LogP contribution in [0.5, 0.6) is 5.75 Å². The normalized spacial score (nSPS) is 13.0. The highest BCUT2D eigenvalue weighted by atomic mass is 16.5. The molecule has 0 spiro atoms. The highest BCUT2D eigenvalue weighted by molar-refractivity contribution is 5.92. The van der Waals surface area contributed by atoms with Gasteiger partial charge in [-0.2, -0.15) is 0 Å². The summed E-state index contributed by atoms with van der Waals surface area (Å²) in [4.78, 5) is 26.2. The zero-order valence-electron chi connectivity index (χ0n) is 16.0. The predicted octanol–water partition coefficient (Wildman–Crippen LogP) is 2.58. The minimum Gasteiger partial charge on any atom is -0.497 e. The van der Waals surface area contributed by atoms with Crippen molar-refractivity contribution in [2.75, 3.05) is 20.2 Å². The minimum atomic E-state index is -0.299. The van der Waals surface area contributed by atoms with Crippen LogP contribution in [0.4, 0.5) is 0 Å². The number of rotatable bonds is 10. The summed E-state index contributed by atoms with van der Waals surface area (Å²) >= 11 is 0. The summed E-state index contributed by atoms with van der Waals surface area (Å²) < 4.78 is 10.4. The van der Waals surface area contributed by atoms with E-state index in [2.05, 4.69) is 17.1 Å². The molecule has 0 aliphatic heterocycles. The topological polar surface area (TPSA) is 84.7 Å². The van der Waals surface area contributed by atoms with Gasteiger partial charge in [0.15, 0.2) is 11.5 Å². The first-order valence-corrected chi connectivity index (χ1v) is 9.37. The number of benzene rings is 1. The van der Waals surface area contributed by atoms with Crippen LogP contribution in [0.25, 0.3) is 0 Å². The Bertz CT molecular complexity index is 824. The molecule has 3 rings (SSSR count). The second kappa shape index (κ2) is 9.21. The van der Waals surface area contributed by atoms with Gasteiger partial charge in [-0.15, -0.1) is 6.58 Å². The summed E-state index contributed by atoms with van der Waals surface area (Å²) in [5.41, 5.74) is 1.31. The van der Waals surface area contributed by atoms with E-state index in [1.54, 1.807) is 24.2 Å². The molecule has 1 fully saturated rings. The Labute approximate surface area is 164 Å². The molecular formula is C21H25N3O4. The summed E-state index contributed by atoms with van der Waals surface area (Å²) in [6.07, 6.45) is 4.25. The van der Waals surface area contributed by atoms with Crippen LogP contribution in [0.2, 0.25) is 0 Å². The highest BCUT2D eigenvalue weighted by Gasteiger charge is 2.33. The lowest BCUT2D eigenvalue weighted by Crippen LogP contribution is -2.31. The van der Waals surface area contributed by atoms with Crippen molar-refractivity contribution in [1.82, 2.24) is 15.4 Å². The molecule has 0 saturated heterocycles. The first-order chi connectivity index (χ1) is 13.6. The summed E-state index contributed by atoms with van der Waals surface area (Å²) in [6, 6.07) is 9.28.